The van der Waals surface area contributed by atoms with E-state index in [0.29, 0.717) is 5.92 Å². The van der Waals surface area contributed by atoms with Crippen molar-refractivity contribution in [3.05, 3.63) is 59.7 Å². The minimum atomic E-state index is 0.303. The number of nitrogens with zero attached hydrogens (tertiary/aromatic N) is 2. The molecule has 0 heterocycles. The average Bonchev–Trinajstić information content (AvgIpc) is 2.52. The van der Waals surface area contributed by atoms with E-state index in [1.165, 1.54) is 11.1 Å². The van der Waals surface area contributed by atoms with Gasteiger partial charge in [-0.05, 0) is 41.8 Å². The Bertz CT molecular complexity index is 600. The Balaban J connectivity index is 2.22. The number of benzene rings is 2. The van der Waals surface area contributed by atoms with E-state index in [0.717, 1.165) is 17.8 Å². The van der Waals surface area contributed by atoms with Gasteiger partial charge in [0.1, 0.15) is 0 Å². The van der Waals surface area contributed by atoms with E-state index >= 15 is 0 Å². The molecule has 0 bridgehead atoms. The molecule has 0 atom stereocenters. The van der Waals surface area contributed by atoms with Crippen molar-refractivity contribution < 1.29 is 0 Å². The lowest BCUT2D eigenvalue weighted by Crippen LogP contribution is -2.00. The highest BCUT2D eigenvalue weighted by atomic mass is 14.9. The van der Waals surface area contributed by atoms with Gasteiger partial charge in [-0.25, -0.2) is 0 Å². The highest BCUT2D eigenvalue weighted by molar-refractivity contribution is 5.51. The second-order valence-corrected chi connectivity index (χ2v) is 4.68. The molecular formula is C17H16N4. The molecular weight excluding hydrogens is 260 g/mol. The van der Waals surface area contributed by atoms with Crippen LogP contribution in [0.4, 0.5) is 11.4 Å². The minimum absolute atomic E-state index is 0.303. The molecule has 2 N–H and O–H groups in total. The predicted octanol–water partition coefficient (Wildman–Crippen LogP) is 4.01. The molecule has 0 spiro atoms. The summed E-state index contributed by atoms with van der Waals surface area (Å²) in [4.78, 5) is 0. The molecule has 0 amide bonds. The predicted molar refractivity (Wildman–Crippen MR) is 83.5 cm³/mol. The first-order valence-corrected chi connectivity index (χ1v) is 6.78. The summed E-state index contributed by atoms with van der Waals surface area (Å²) < 4.78 is 0. The van der Waals surface area contributed by atoms with Crippen LogP contribution in [-0.4, -0.2) is 0 Å². The van der Waals surface area contributed by atoms with Crippen molar-refractivity contribution in [2.75, 3.05) is 10.6 Å². The molecule has 0 saturated heterocycles. The Morgan fingerprint density at radius 3 is 1.48 bits per heavy atom. The zero-order valence-corrected chi connectivity index (χ0v) is 11.8. The van der Waals surface area contributed by atoms with Crippen LogP contribution < -0.4 is 10.6 Å². The Labute approximate surface area is 124 Å². The fraction of sp³-hybridized carbons (Fsp3) is 0.176. The van der Waals surface area contributed by atoms with Gasteiger partial charge in [0.25, 0.3) is 0 Å². The summed E-state index contributed by atoms with van der Waals surface area (Å²) in [5.41, 5.74) is 4.01. The van der Waals surface area contributed by atoms with Gasteiger partial charge in [-0.3, -0.25) is 10.6 Å². The van der Waals surface area contributed by atoms with Crippen LogP contribution in [0.15, 0.2) is 48.5 Å². The summed E-state index contributed by atoms with van der Waals surface area (Å²) in [6.07, 6.45) is 4.81. The van der Waals surface area contributed by atoms with Gasteiger partial charge in [0.15, 0.2) is 12.4 Å². The third-order valence-corrected chi connectivity index (χ3v) is 3.43. The van der Waals surface area contributed by atoms with Crippen LogP contribution in [0.1, 0.15) is 30.4 Å². The molecule has 0 radical (unpaired) electrons. The second-order valence-electron chi connectivity index (χ2n) is 4.68. The normalized spacial score (nSPS) is 9.71. The summed E-state index contributed by atoms with van der Waals surface area (Å²) in [5.74, 6) is 0.303. The standard InChI is InChI=1S/C17H16N4/c1-2-17(13-3-7-15(8-4-13)20-11-18)14-5-9-16(10-6-14)21-12-19/h3-10,17,20-21H,2H2,1H3. The maximum absolute atomic E-state index is 8.60. The van der Waals surface area contributed by atoms with E-state index in [1.807, 2.05) is 60.9 Å². The van der Waals surface area contributed by atoms with Gasteiger partial charge in [-0.2, -0.15) is 10.5 Å². The molecule has 0 aromatic heterocycles. The molecule has 2 rings (SSSR count). The van der Waals surface area contributed by atoms with E-state index in [4.69, 9.17) is 10.5 Å². The Morgan fingerprint density at radius 1 is 0.810 bits per heavy atom. The van der Waals surface area contributed by atoms with Gasteiger partial charge < -0.3 is 0 Å². The number of nitrogens with one attached hydrogen (secondary N) is 2. The SMILES string of the molecule is CCC(c1ccc(NC#N)cc1)c1ccc(NC#N)cc1. The Morgan fingerprint density at radius 2 is 1.19 bits per heavy atom. The Kier molecular flexibility index (Phi) is 4.79. The highest BCUT2D eigenvalue weighted by Gasteiger charge is 2.12. The van der Waals surface area contributed by atoms with Crippen molar-refractivity contribution in [3.63, 3.8) is 0 Å². The van der Waals surface area contributed by atoms with E-state index < -0.39 is 0 Å². The van der Waals surface area contributed by atoms with Crippen LogP contribution in [0.25, 0.3) is 0 Å². The van der Waals surface area contributed by atoms with Crippen molar-refractivity contribution in [2.24, 2.45) is 0 Å². The molecule has 2 aromatic rings. The highest BCUT2D eigenvalue weighted by Crippen LogP contribution is 2.29. The van der Waals surface area contributed by atoms with Gasteiger partial charge in [0.05, 0.1) is 0 Å². The van der Waals surface area contributed by atoms with Crippen molar-refractivity contribution in [1.29, 1.82) is 10.5 Å². The van der Waals surface area contributed by atoms with Crippen molar-refractivity contribution in [1.82, 2.24) is 0 Å². The molecule has 0 unspecified atom stereocenters. The van der Waals surface area contributed by atoms with Gasteiger partial charge in [-0.1, -0.05) is 31.2 Å². The summed E-state index contributed by atoms with van der Waals surface area (Å²) in [6.45, 7) is 2.15. The largest absolute Gasteiger partial charge is 0.293 e. The van der Waals surface area contributed by atoms with Crippen LogP contribution in [0.3, 0.4) is 0 Å². The quantitative estimate of drug-likeness (QED) is 0.639. The van der Waals surface area contributed by atoms with Crippen molar-refractivity contribution >= 4 is 11.4 Å². The third-order valence-electron chi connectivity index (χ3n) is 3.43. The van der Waals surface area contributed by atoms with Gasteiger partial charge in [0, 0.05) is 17.3 Å². The summed E-state index contributed by atoms with van der Waals surface area (Å²) in [6, 6.07) is 15.8. The van der Waals surface area contributed by atoms with Crippen LogP contribution in [0, 0.1) is 22.9 Å². The summed E-state index contributed by atoms with van der Waals surface area (Å²) in [7, 11) is 0. The maximum atomic E-state index is 8.60. The Hall–Kier alpha value is -2.98. The molecule has 0 aliphatic carbocycles. The third kappa shape index (κ3) is 3.52. The molecule has 4 heteroatoms. The molecule has 4 nitrogen and oxygen atoms in total. The van der Waals surface area contributed by atoms with Crippen molar-refractivity contribution in [2.45, 2.75) is 19.3 Å². The number of hydrogen-bond acceptors (Lipinski definition) is 4. The number of anilines is 2. The van der Waals surface area contributed by atoms with E-state index in [-0.39, 0.29) is 0 Å². The van der Waals surface area contributed by atoms with E-state index in [2.05, 4.69) is 17.6 Å². The number of rotatable bonds is 5. The lowest BCUT2D eigenvalue weighted by atomic mass is 9.89. The summed E-state index contributed by atoms with van der Waals surface area (Å²) >= 11 is 0. The topological polar surface area (TPSA) is 71.6 Å². The zero-order chi connectivity index (χ0) is 15.1. The first-order valence-electron chi connectivity index (χ1n) is 6.78. The minimum Gasteiger partial charge on any atom is -0.293 e. The monoisotopic (exact) mass is 276 g/mol. The lowest BCUT2D eigenvalue weighted by molar-refractivity contribution is 0.777. The first kappa shape index (κ1) is 14.4. The molecule has 2 aromatic carbocycles. The fourth-order valence-corrected chi connectivity index (χ4v) is 2.39. The van der Waals surface area contributed by atoms with E-state index in [9.17, 15) is 0 Å². The molecule has 0 aliphatic rings. The first-order chi connectivity index (χ1) is 10.3. The second kappa shape index (κ2) is 6.98. The van der Waals surface area contributed by atoms with Crippen LogP contribution in [0.5, 0.6) is 0 Å². The van der Waals surface area contributed by atoms with Crippen LogP contribution in [-0.2, 0) is 0 Å². The molecule has 21 heavy (non-hydrogen) atoms. The van der Waals surface area contributed by atoms with Gasteiger partial charge >= 0.3 is 0 Å². The lowest BCUT2D eigenvalue weighted by Gasteiger charge is -2.16. The zero-order valence-electron chi connectivity index (χ0n) is 11.8. The van der Waals surface area contributed by atoms with Crippen molar-refractivity contribution in [3.8, 4) is 12.4 Å². The average molecular weight is 276 g/mol. The maximum Gasteiger partial charge on any atom is 0.181 e. The molecule has 0 aliphatic heterocycles. The van der Waals surface area contributed by atoms with E-state index in [1.54, 1.807) is 0 Å². The fourth-order valence-electron chi connectivity index (χ4n) is 2.39. The molecule has 0 fully saturated rings. The van der Waals surface area contributed by atoms with Crippen LogP contribution in [0.2, 0.25) is 0 Å². The smallest absolute Gasteiger partial charge is 0.181 e. The molecule has 104 valence electrons. The van der Waals surface area contributed by atoms with Gasteiger partial charge in [-0.15, -0.1) is 0 Å². The number of hydrogen-bond donors (Lipinski definition) is 2. The van der Waals surface area contributed by atoms with Gasteiger partial charge in [0.2, 0.25) is 0 Å². The van der Waals surface area contributed by atoms with Crippen LogP contribution >= 0.6 is 0 Å². The molecule has 0 saturated carbocycles. The summed E-state index contributed by atoms with van der Waals surface area (Å²) in [5, 5.41) is 22.4. The number of nitriles is 2.